The predicted molar refractivity (Wildman–Crippen MR) is 69.2 cm³/mol. The van der Waals surface area contributed by atoms with Crippen molar-refractivity contribution in [2.75, 3.05) is 33.5 Å². The summed E-state index contributed by atoms with van der Waals surface area (Å²) in [6.07, 6.45) is -1.03. The second-order valence-corrected chi connectivity index (χ2v) is 4.16. The molecule has 0 saturated carbocycles. The Morgan fingerprint density at radius 3 is 2.85 bits per heavy atom. The molecule has 0 bridgehead atoms. The Morgan fingerprint density at radius 2 is 2.10 bits per heavy atom. The average molecular weight is 282 g/mol. The topological polar surface area (TPSA) is 63.2 Å². The van der Waals surface area contributed by atoms with Gasteiger partial charge in [-0.25, -0.2) is 4.79 Å². The van der Waals surface area contributed by atoms with Crippen LogP contribution in [0.1, 0.15) is 10.4 Å². The zero-order valence-electron chi connectivity index (χ0n) is 11.3. The van der Waals surface area contributed by atoms with Crippen LogP contribution >= 0.6 is 0 Å². The van der Waals surface area contributed by atoms with Gasteiger partial charge in [0, 0.05) is 7.11 Å². The van der Waals surface area contributed by atoms with Gasteiger partial charge < -0.3 is 23.7 Å². The van der Waals surface area contributed by atoms with Gasteiger partial charge in [-0.3, -0.25) is 0 Å². The van der Waals surface area contributed by atoms with E-state index in [0.717, 1.165) is 0 Å². The summed E-state index contributed by atoms with van der Waals surface area (Å²) in [6.45, 7) is 1.28. The summed E-state index contributed by atoms with van der Waals surface area (Å²) in [7, 11) is 1.60. The third kappa shape index (κ3) is 4.57. The van der Waals surface area contributed by atoms with Gasteiger partial charge in [0.2, 0.25) is 0 Å². The summed E-state index contributed by atoms with van der Waals surface area (Å²) in [4.78, 5) is 11.7. The lowest BCUT2D eigenvalue weighted by Crippen LogP contribution is -2.22. The molecule has 0 unspecified atom stereocenters. The minimum absolute atomic E-state index is 0.0395. The van der Waals surface area contributed by atoms with Crippen molar-refractivity contribution in [3.63, 3.8) is 0 Å². The second-order valence-electron chi connectivity index (χ2n) is 4.16. The molecule has 1 aromatic rings. The molecule has 1 heterocycles. The average Bonchev–Trinajstić information content (AvgIpc) is 2.94. The van der Waals surface area contributed by atoms with Crippen molar-refractivity contribution in [1.29, 1.82) is 0 Å². The first-order valence-corrected chi connectivity index (χ1v) is 6.39. The maximum absolute atomic E-state index is 11.7. The van der Waals surface area contributed by atoms with Gasteiger partial charge in [0.25, 0.3) is 0 Å². The Hall–Kier alpha value is -1.47. The molecule has 6 heteroatoms. The number of carbonyl (C=O) groups is 1. The van der Waals surface area contributed by atoms with Crippen LogP contribution in [0.3, 0.4) is 0 Å². The van der Waals surface area contributed by atoms with E-state index >= 15 is 0 Å². The van der Waals surface area contributed by atoms with E-state index in [4.69, 9.17) is 23.7 Å². The number of methoxy groups -OCH3 is 1. The molecule has 1 aromatic carbocycles. The molecule has 1 saturated heterocycles. The van der Waals surface area contributed by atoms with E-state index in [-0.39, 0.29) is 6.61 Å². The number of ether oxygens (including phenoxy) is 5. The third-order valence-corrected chi connectivity index (χ3v) is 2.67. The standard InChI is InChI=1S/C14H18O6/c1-16-7-8-17-12-9-18-13(20-12)10-19-14(15)11-5-3-2-4-6-11/h2-6,12-13H,7-10H2,1H3/t12-,13-/m1/s1. The lowest BCUT2D eigenvalue weighted by molar-refractivity contribution is -0.160. The lowest BCUT2D eigenvalue weighted by Gasteiger charge is -2.12. The van der Waals surface area contributed by atoms with Crippen molar-refractivity contribution in [3.05, 3.63) is 35.9 Å². The molecule has 0 N–H and O–H groups in total. The zero-order valence-corrected chi connectivity index (χ0v) is 11.3. The van der Waals surface area contributed by atoms with Gasteiger partial charge in [-0.1, -0.05) is 18.2 Å². The number of hydrogen-bond donors (Lipinski definition) is 0. The second kappa shape index (κ2) is 7.96. The number of carbonyl (C=O) groups excluding carboxylic acids is 1. The zero-order chi connectivity index (χ0) is 14.2. The first-order valence-electron chi connectivity index (χ1n) is 6.39. The van der Waals surface area contributed by atoms with Gasteiger partial charge in [0.05, 0.1) is 18.8 Å². The normalized spacial score (nSPS) is 21.9. The van der Waals surface area contributed by atoms with Gasteiger partial charge in [0.1, 0.15) is 13.2 Å². The highest BCUT2D eigenvalue weighted by Gasteiger charge is 2.27. The molecule has 0 spiro atoms. The smallest absolute Gasteiger partial charge is 0.338 e. The molecule has 110 valence electrons. The fraction of sp³-hybridized carbons (Fsp3) is 0.500. The fourth-order valence-electron chi connectivity index (χ4n) is 1.67. The van der Waals surface area contributed by atoms with Crippen molar-refractivity contribution < 1.29 is 28.5 Å². The summed E-state index contributed by atoms with van der Waals surface area (Å²) in [5, 5.41) is 0. The van der Waals surface area contributed by atoms with Gasteiger partial charge in [-0.15, -0.1) is 0 Å². The van der Waals surface area contributed by atoms with Crippen LogP contribution in [-0.2, 0) is 23.7 Å². The molecule has 0 radical (unpaired) electrons. The van der Waals surface area contributed by atoms with E-state index in [1.54, 1.807) is 31.4 Å². The van der Waals surface area contributed by atoms with Crippen LogP contribution < -0.4 is 0 Å². The molecule has 1 aliphatic rings. The SMILES string of the molecule is COCCO[C@H]1CO[C@@H](COC(=O)c2ccccc2)O1. The molecule has 1 aliphatic heterocycles. The van der Waals surface area contributed by atoms with Crippen LogP contribution in [0, 0.1) is 0 Å². The summed E-state index contributed by atoms with van der Waals surface area (Å²) in [5.74, 6) is -0.401. The highest BCUT2D eigenvalue weighted by molar-refractivity contribution is 5.89. The molecule has 0 aliphatic carbocycles. The molecule has 0 amide bonds. The predicted octanol–water partition coefficient (Wildman–Crippen LogP) is 1.21. The van der Waals surface area contributed by atoms with Gasteiger partial charge in [0.15, 0.2) is 12.6 Å². The van der Waals surface area contributed by atoms with Crippen LogP contribution in [-0.4, -0.2) is 52.1 Å². The maximum atomic E-state index is 11.7. The van der Waals surface area contributed by atoms with Crippen molar-refractivity contribution in [2.24, 2.45) is 0 Å². The van der Waals surface area contributed by atoms with Crippen molar-refractivity contribution >= 4 is 5.97 Å². The van der Waals surface area contributed by atoms with E-state index in [1.165, 1.54) is 0 Å². The molecule has 2 atom stereocenters. The fourth-order valence-corrected chi connectivity index (χ4v) is 1.67. The molecule has 0 aromatic heterocycles. The van der Waals surface area contributed by atoms with Gasteiger partial charge >= 0.3 is 5.97 Å². The van der Waals surface area contributed by atoms with Crippen LogP contribution in [0.4, 0.5) is 0 Å². The van der Waals surface area contributed by atoms with E-state index in [2.05, 4.69) is 0 Å². The Balaban J connectivity index is 1.67. The maximum Gasteiger partial charge on any atom is 0.338 e. The van der Waals surface area contributed by atoms with Gasteiger partial charge in [-0.05, 0) is 12.1 Å². The summed E-state index contributed by atoms with van der Waals surface area (Å²) in [5.41, 5.74) is 0.499. The Morgan fingerprint density at radius 1 is 1.30 bits per heavy atom. The first kappa shape index (κ1) is 14.9. The molecule has 2 rings (SSSR count). The number of hydrogen-bond acceptors (Lipinski definition) is 6. The Kier molecular flexibility index (Phi) is 5.94. The monoisotopic (exact) mass is 282 g/mol. The number of benzene rings is 1. The van der Waals surface area contributed by atoms with Crippen LogP contribution in [0.25, 0.3) is 0 Å². The lowest BCUT2D eigenvalue weighted by atomic mass is 10.2. The Bertz CT molecular complexity index is 407. The summed E-state index contributed by atoms with van der Waals surface area (Å²) < 4.78 is 26.1. The molecule has 20 heavy (non-hydrogen) atoms. The highest BCUT2D eigenvalue weighted by atomic mass is 16.8. The van der Waals surface area contributed by atoms with E-state index in [9.17, 15) is 4.79 Å². The minimum Gasteiger partial charge on any atom is -0.457 e. The van der Waals surface area contributed by atoms with Crippen molar-refractivity contribution in [1.82, 2.24) is 0 Å². The summed E-state index contributed by atoms with van der Waals surface area (Å²) >= 11 is 0. The molecular formula is C14H18O6. The van der Waals surface area contributed by atoms with E-state index < -0.39 is 18.5 Å². The van der Waals surface area contributed by atoms with E-state index in [1.807, 2.05) is 6.07 Å². The van der Waals surface area contributed by atoms with E-state index in [0.29, 0.717) is 25.4 Å². The van der Waals surface area contributed by atoms with Crippen molar-refractivity contribution in [3.8, 4) is 0 Å². The van der Waals surface area contributed by atoms with Crippen molar-refractivity contribution in [2.45, 2.75) is 12.6 Å². The quantitative estimate of drug-likeness (QED) is 0.553. The highest BCUT2D eigenvalue weighted by Crippen LogP contribution is 2.13. The van der Waals surface area contributed by atoms with Crippen LogP contribution in [0.15, 0.2) is 30.3 Å². The van der Waals surface area contributed by atoms with Crippen LogP contribution in [0.2, 0.25) is 0 Å². The first-order chi connectivity index (χ1) is 9.79. The molecule has 6 nitrogen and oxygen atoms in total. The third-order valence-electron chi connectivity index (χ3n) is 2.67. The van der Waals surface area contributed by atoms with Crippen LogP contribution in [0.5, 0.6) is 0 Å². The van der Waals surface area contributed by atoms with Gasteiger partial charge in [-0.2, -0.15) is 0 Å². The largest absolute Gasteiger partial charge is 0.457 e. The summed E-state index contributed by atoms with van der Waals surface area (Å²) in [6, 6.07) is 8.77. The molecule has 1 fully saturated rings. The number of esters is 1. The number of rotatable bonds is 7. The minimum atomic E-state index is -0.588. The Labute approximate surface area is 117 Å². The molecular weight excluding hydrogens is 264 g/mol.